The first-order valence-corrected chi connectivity index (χ1v) is 10.3. The van der Waals surface area contributed by atoms with Gasteiger partial charge >= 0.3 is 6.18 Å². The maximum absolute atomic E-state index is 13.5. The molecule has 0 aliphatic carbocycles. The minimum absolute atomic E-state index is 0.101. The van der Waals surface area contributed by atoms with Crippen LogP contribution in [0.2, 0.25) is 0 Å². The largest absolute Gasteiger partial charge is 0.495 e. The lowest BCUT2D eigenvalue weighted by Gasteiger charge is -2.14. The molecule has 3 aromatic rings. The Labute approximate surface area is 178 Å². The quantitative estimate of drug-likeness (QED) is 0.507. The summed E-state index contributed by atoms with van der Waals surface area (Å²) >= 11 is 2.00. The van der Waals surface area contributed by atoms with Crippen molar-refractivity contribution in [2.24, 2.45) is 0 Å². The molecule has 1 N–H and O–H groups in total. The molecule has 1 amide bonds. The highest BCUT2D eigenvalue weighted by Crippen LogP contribution is 2.38. The third kappa shape index (κ3) is 4.93. The molecule has 0 saturated carbocycles. The highest BCUT2D eigenvalue weighted by molar-refractivity contribution is 8.00. The summed E-state index contributed by atoms with van der Waals surface area (Å²) in [5, 5.41) is 13.5. The summed E-state index contributed by atoms with van der Waals surface area (Å²) in [5.74, 6) is -0.249. The number of thiophene rings is 1. The van der Waals surface area contributed by atoms with Gasteiger partial charge in [-0.15, -0.1) is 11.3 Å². The van der Waals surface area contributed by atoms with Gasteiger partial charge in [0.05, 0.1) is 40.2 Å². The number of thioether (sulfide) groups is 1. The molecule has 0 bridgehead atoms. The van der Waals surface area contributed by atoms with Crippen molar-refractivity contribution in [2.75, 3.05) is 18.2 Å². The normalized spacial score (nSPS) is 11.0. The number of para-hydroxylation sites is 2. The van der Waals surface area contributed by atoms with Crippen molar-refractivity contribution >= 4 is 34.7 Å². The second-order valence-electron chi connectivity index (χ2n) is 5.86. The molecule has 30 heavy (non-hydrogen) atoms. The molecule has 5 nitrogen and oxygen atoms in total. The Morgan fingerprint density at radius 3 is 2.70 bits per heavy atom. The van der Waals surface area contributed by atoms with E-state index in [1.807, 2.05) is 0 Å². The molecule has 0 unspecified atom stereocenters. The van der Waals surface area contributed by atoms with Crippen molar-refractivity contribution in [3.8, 4) is 22.4 Å². The number of carbonyl (C=O) groups is 1. The molecular formula is C20H14F3N3O2S2. The van der Waals surface area contributed by atoms with E-state index in [1.165, 1.54) is 18.4 Å². The third-order valence-electron chi connectivity index (χ3n) is 3.90. The summed E-state index contributed by atoms with van der Waals surface area (Å²) in [4.78, 5) is 17.1. The van der Waals surface area contributed by atoms with Crippen LogP contribution in [-0.4, -0.2) is 23.8 Å². The average Bonchev–Trinajstić information content (AvgIpc) is 3.26. The van der Waals surface area contributed by atoms with E-state index in [2.05, 4.69) is 10.3 Å². The maximum atomic E-state index is 13.5. The van der Waals surface area contributed by atoms with E-state index in [0.717, 1.165) is 17.8 Å². The summed E-state index contributed by atoms with van der Waals surface area (Å²) < 4.78 is 45.7. The molecule has 0 aliphatic rings. The van der Waals surface area contributed by atoms with E-state index in [-0.39, 0.29) is 16.5 Å². The number of amides is 1. The smallest absolute Gasteiger partial charge is 0.417 e. The van der Waals surface area contributed by atoms with Gasteiger partial charge in [0.15, 0.2) is 0 Å². The Bertz CT molecular complexity index is 1090. The Hall–Kier alpha value is -3.03. The molecular weight excluding hydrogens is 435 g/mol. The van der Waals surface area contributed by atoms with Crippen LogP contribution in [0.25, 0.3) is 10.6 Å². The van der Waals surface area contributed by atoms with E-state index in [1.54, 1.807) is 47.8 Å². The number of aromatic nitrogens is 1. The van der Waals surface area contributed by atoms with Crippen LogP contribution in [0.3, 0.4) is 0 Å². The van der Waals surface area contributed by atoms with E-state index < -0.39 is 23.2 Å². The summed E-state index contributed by atoms with van der Waals surface area (Å²) in [6, 6.07) is 12.5. The molecule has 2 aromatic heterocycles. The van der Waals surface area contributed by atoms with Crippen LogP contribution in [0.15, 0.2) is 52.9 Å². The first kappa shape index (κ1) is 21.7. The molecule has 154 valence electrons. The van der Waals surface area contributed by atoms with Crippen molar-refractivity contribution in [1.29, 1.82) is 5.26 Å². The van der Waals surface area contributed by atoms with Crippen molar-refractivity contribution < 1.29 is 22.7 Å². The van der Waals surface area contributed by atoms with E-state index >= 15 is 0 Å². The van der Waals surface area contributed by atoms with Crippen LogP contribution in [-0.2, 0) is 11.0 Å². The fraction of sp³-hybridized carbons (Fsp3) is 0.150. The number of methoxy groups -OCH3 is 1. The lowest BCUT2D eigenvalue weighted by atomic mass is 10.1. The first-order valence-electron chi connectivity index (χ1n) is 8.45. The number of pyridine rings is 1. The number of nitriles is 1. The topological polar surface area (TPSA) is 75.0 Å². The number of anilines is 1. The number of halogens is 3. The zero-order valence-corrected chi connectivity index (χ0v) is 17.1. The lowest BCUT2D eigenvalue weighted by Crippen LogP contribution is -2.15. The van der Waals surface area contributed by atoms with Gasteiger partial charge in [-0.25, -0.2) is 4.98 Å². The Balaban J connectivity index is 1.88. The zero-order valence-electron chi connectivity index (χ0n) is 15.5. The summed E-state index contributed by atoms with van der Waals surface area (Å²) in [6.07, 6.45) is -4.73. The first-order chi connectivity index (χ1) is 14.3. The lowest BCUT2D eigenvalue weighted by molar-refractivity contribution is -0.138. The second kappa shape index (κ2) is 9.19. The zero-order chi connectivity index (χ0) is 21.7. The number of ether oxygens (including phenoxy) is 1. The van der Waals surface area contributed by atoms with Crippen molar-refractivity contribution in [3.05, 3.63) is 59.0 Å². The monoisotopic (exact) mass is 449 g/mol. The number of alkyl halides is 3. The van der Waals surface area contributed by atoms with Gasteiger partial charge in [0, 0.05) is 0 Å². The summed E-state index contributed by atoms with van der Waals surface area (Å²) in [5.41, 5.74) is -1.14. The number of rotatable bonds is 6. The fourth-order valence-corrected chi connectivity index (χ4v) is 4.07. The van der Waals surface area contributed by atoms with Gasteiger partial charge in [0.25, 0.3) is 0 Å². The molecule has 0 fully saturated rings. The minimum Gasteiger partial charge on any atom is -0.495 e. The van der Waals surface area contributed by atoms with Crippen LogP contribution in [0.1, 0.15) is 11.1 Å². The van der Waals surface area contributed by atoms with Crippen LogP contribution >= 0.6 is 23.1 Å². The molecule has 0 aliphatic heterocycles. The van der Waals surface area contributed by atoms with Crippen molar-refractivity contribution in [3.63, 3.8) is 0 Å². The molecule has 0 radical (unpaired) electrons. The summed E-state index contributed by atoms with van der Waals surface area (Å²) in [6.45, 7) is 0. The number of hydrogen-bond acceptors (Lipinski definition) is 6. The van der Waals surface area contributed by atoms with E-state index in [9.17, 15) is 23.2 Å². The Kier molecular flexibility index (Phi) is 6.64. The fourth-order valence-electron chi connectivity index (χ4n) is 2.58. The SMILES string of the molecule is COc1ccccc1NC(=O)CSc1nc(-c2cccs2)cc(C(F)(F)F)c1C#N. The number of benzene rings is 1. The highest BCUT2D eigenvalue weighted by atomic mass is 32.2. The van der Waals surface area contributed by atoms with Gasteiger partial charge < -0.3 is 10.1 Å². The molecule has 1 aromatic carbocycles. The van der Waals surface area contributed by atoms with Gasteiger partial charge in [-0.3, -0.25) is 4.79 Å². The van der Waals surface area contributed by atoms with Gasteiger partial charge in [-0.2, -0.15) is 18.4 Å². The minimum atomic E-state index is -4.73. The van der Waals surface area contributed by atoms with Crippen LogP contribution in [0, 0.1) is 11.3 Å². The molecule has 3 rings (SSSR count). The van der Waals surface area contributed by atoms with Crippen molar-refractivity contribution in [1.82, 2.24) is 4.98 Å². The molecule has 2 heterocycles. The third-order valence-corrected chi connectivity index (χ3v) is 5.77. The van der Waals surface area contributed by atoms with Crippen molar-refractivity contribution in [2.45, 2.75) is 11.2 Å². The van der Waals surface area contributed by atoms with Crippen LogP contribution in [0.4, 0.5) is 18.9 Å². The van der Waals surface area contributed by atoms with Crippen LogP contribution < -0.4 is 10.1 Å². The predicted molar refractivity (Wildman–Crippen MR) is 110 cm³/mol. The molecule has 10 heteroatoms. The molecule has 0 saturated heterocycles. The Morgan fingerprint density at radius 2 is 2.07 bits per heavy atom. The standard InChI is InChI=1S/C20H14F3N3O2S2/c1-28-16-6-3-2-5-14(16)25-18(27)11-30-19-12(10-24)13(20(21,22)23)9-15(26-19)17-7-4-8-29-17/h2-9H,11H2,1H3,(H,25,27). The van der Waals surface area contributed by atoms with Gasteiger partial charge in [-0.05, 0) is 29.6 Å². The average molecular weight is 449 g/mol. The number of nitrogens with zero attached hydrogens (tertiary/aromatic N) is 2. The summed E-state index contributed by atoms with van der Waals surface area (Å²) in [7, 11) is 1.46. The second-order valence-corrected chi connectivity index (χ2v) is 7.77. The van der Waals surface area contributed by atoms with Gasteiger partial charge in [-0.1, -0.05) is 30.0 Å². The van der Waals surface area contributed by atoms with Crippen LogP contribution in [0.5, 0.6) is 5.75 Å². The number of hydrogen-bond donors (Lipinski definition) is 1. The van der Waals surface area contributed by atoms with E-state index in [4.69, 9.17) is 4.74 Å². The van der Waals surface area contributed by atoms with Gasteiger partial charge in [0.2, 0.25) is 5.91 Å². The van der Waals surface area contributed by atoms with Gasteiger partial charge in [0.1, 0.15) is 16.8 Å². The molecule has 0 spiro atoms. The molecule has 0 atom stereocenters. The number of nitrogens with one attached hydrogen (secondary N) is 1. The predicted octanol–water partition coefficient (Wildman–Crippen LogP) is 5.44. The maximum Gasteiger partial charge on any atom is 0.417 e. The highest BCUT2D eigenvalue weighted by Gasteiger charge is 2.36. The number of carbonyl (C=O) groups excluding carboxylic acids is 1. The Morgan fingerprint density at radius 1 is 1.30 bits per heavy atom. The van der Waals surface area contributed by atoms with E-state index in [0.29, 0.717) is 16.3 Å².